The Morgan fingerprint density at radius 3 is 2.72 bits per heavy atom. The number of ether oxygens (including phenoxy) is 1. The summed E-state index contributed by atoms with van der Waals surface area (Å²) in [5.41, 5.74) is 2.25. The van der Waals surface area contributed by atoms with E-state index in [1.54, 1.807) is 19.2 Å². The first-order valence-corrected chi connectivity index (χ1v) is 9.55. The van der Waals surface area contributed by atoms with Crippen molar-refractivity contribution in [1.29, 1.82) is 0 Å². The molecule has 0 aliphatic carbocycles. The molecule has 1 unspecified atom stereocenters. The van der Waals surface area contributed by atoms with Crippen molar-refractivity contribution < 1.29 is 18.4 Å². The van der Waals surface area contributed by atoms with Crippen molar-refractivity contribution in [2.24, 2.45) is 0 Å². The van der Waals surface area contributed by atoms with Gasteiger partial charge in [0.05, 0.1) is 12.8 Å². The van der Waals surface area contributed by atoms with Gasteiger partial charge >= 0.3 is 0 Å². The van der Waals surface area contributed by atoms with Gasteiger partial charge in [-0.2, -0.15) is 4.98 Å². The molecule has 1 saturated heterocycles. The fourth-order valence-corrected chi connectivity index (χ4v) is 3.52. The monoisotopic (exact) mass is 395 g/mol. The average Bonchev–Trinajstić information content (AvgIpc) is 3.34. The van der Waals surface area contributed by atoms with Gasteiger partial charge in [0.2, 0.25) is 11.8 Å². The number of aryl methyl sites for hydroxylation is 3. The van der Waals surface area contributed by atoms with Crippen LogP contribution in [0.25, 0.3) is 0 Å². The van der Waals surface area contributed by atoms with Crippen molar-refractivity contribution in [3.8, 4) is 5.75 Å². The highest BCUT2D eigenvalue weighted by atomic mass is 19.1. The third-order valence-corrected chi connectivity index (χ3v) is 5.15. The Morgan fingerprint density at radius 1 is 1.21 bits per heavy atom. The Hall–Kier alpha value is -3.22. The molecule has 6 nitrogen and oxygen atoms in total. The van der Waals surface area contributed by atoms with E-state index in [2.05, 4.69) is 10.1 Å². The highest BCUT2D eigenvalue weighted by Crippen LogP contribution is 2.32. The summed E-state index contributed by atoms with van der Waals surface area (Å²) in [6, 6.07) is 12.7. The summed E-state index contributed by atoms with van der Waals surface area (Å²) in [5, 5.41) is 4.06. The number of hydrogen-bond donors (Lipinski definition) is 0. The molecule has 0 radical (unpaired) electrons. The Labute approximate surface area is 168 Å². The Balaban J connectivity index is 1.40. The average molecular weight is 395 g/mol. The summed E-state index contributed by atoms with van der Waals surface area (Å²) in [5.74, 6) is 1.10. The van der Waals surface area contributed by atoms with Crippen molar-refractivity contribution >= 4 is 11.6 Å². The summed E-state index contributed by atoms with van der Waals surface area (Å²) < 4.78 is 24.8. The number of carbonyl (C=O) groups is 1. The number of aromatic nitrogens is 2. The Morgan fingerprint density at radius 2 is 2.00 bits per heavy atom. The van der Waals surface area contributed by atoms with Gasteiger partial charge in [0.25, 0.3) is 0 Å². The fraction of sp³-hybridized carbons (Fsp3) is 0.318. The smallest absolute Gasteiger partial charge is 0.227 e. The number of rotatable bonds is 6. The topological polar surface area (TPSA) is 68.5 Å². The first-order chi connectivity index (χ1) is 14.0. The number of methoxy groups -OCH3 is 1. The Kier molecular flexibility index (Phi) is 5.29. The molecule has 0 bridgehead atoms. The molecule has 0 spiro atoms. The lowest BCUT2D eigenvalue weighted by molar-refractivity contribution is -0.117. The number of benzene rings is 2. The molecule has 150 valence electrons. The van der Waals surface area contributed by atoms with E-state index < -0.39 is 5.82 Å². The normalized spacial score (nSPS) is 16.4. The zero-order valence-corrected chi connectivity index (χ0v) is 16.4. The third kappa shape index (κ3) is 4.13. The van der Waals surface area contributed by atoms with Gasteiger partial charge in [0.15, 0.2) is 5.82 Å². The van der Waals surface area contributed by atoms with Crippen molar-refractivity contribution in [2.45, 2.75) is 32.1 Å². The number of halogens is 1. The van der Waals surface area contributed by atoms with Crippen LogP contribution >= 0.6 is 0 Å². The summed E-state index contributed by atoms with van der Waals surface area (Å²) >= 11 is 0. The maximum absolute atomic E-state index is 14.3. The predicted octanol–water partition coefficient (Wildman–Crippen LogP) is 3.83. The van der Waals surface area contributed by atoms with E-state index in [1.165, 1.54) is 11.0 Å². The van der Waals surface area contributed by atoms with Gasteiger partial charge in [0, 0.05) is 25.3 Å². The zero-order chi connectivity index (χ0) is 20.4. The second kappa shape index (κ2) is 8.03. The Bertz CT molecular complexity index is 1020. The molecule has 1 atom stereocenters. The standard InChI is InChI=1S/C22H22FN3O3/c1-14-3-9-19(18(23)11-14)26-13-16(12-21(26)27)22-24-20(29-25-22)10-6-15-4-7-17(28-2)8-5-15/h3-5,7-9,11,16H,6,10,12-13H2,1-2H3. The second-order valence-corrected chi connectivity index (χ2v) is 7.25. The third-order valence-electron chi connectivity index (χ3n) is 5.15. The molecule has 29 heavy (non-hydrogen) atoms. The molecule has 1 aromatic heterocycles. The lowest BCUT2D eigenvalue weighted by atomic mass is 10.1. The van der Waals surface area contributed by atoms with Gasteiger partial charge in [-0.1, -0.05) is 23.4 Å². The number of amides is 1. The van der Waals surface area contributed by atoms with Gasteiger partial charge in [-0.25, -0.2) is 4.39 Å². The number of hydrogen-bond acceptors (Lipinski definition) is 5. The lowest BCUT2D eigenvalue weighted by Gasteiger charge is -2.17. The predicted molar refractivity (Wildman–Crippen MR) is 106 cm³/mol. The maximum atomic E-state index is 14.3. The molecular formula is C22H22FN3O3. The molecule has 0 N–H and O–H groups in total. The lowest BCUT2D eigenvalue weighted by Crippen LogP contribution is -2.25. The van der Waals surface area contributed by atoms with Crippen LogP contribution in [0.2, 0.25) is 0 Å². The fourth-order valence-electron chi connectivity index (χ4n) is 3.52. The molecule has 3 aromatic rings. The quantitative estimate of drug-likeness (QED) is 0.635. The number of carbonyl (C=O) groups excluding carboxylic acids is 1. The summed E-state index contributed by atoms with van der Waals surface area (Å²) in [6.45, 7) is 2.16. The van der Waals surface area contributed by atoms with Crippen LogP contribution in [0.5, 0.6) is 5.75 Å². The minimum Gasteiger partial charge on any atom is -0.497 e. The van der Waals surface area contributed by atoms with E-state index in [-0.39, 0.29) is 18.2 Å². The summed E-state index contributed by atoms with van der Waals surface area (Å²) in [4.78, 5) is 18.4. The van der Waals surface area contributed by atoms with Crippen molar-refractivity contribution in [3.63, 3.8) is 0 Å². The number of nitrogens with zero attached hydrogens (tertiary/aromatic N) is 3. The van der Waals surface area contributed by atoms with Crippen molar-refractivity contribution in [3.05, 3.63) is 71.1 Å². The van der Waals surface area contributed by atoms with E-state index in [9.17, 15) is 9.18 Å². The van der Waals surface area contributed by atoms with Gasteiger partial charge in [-0.15, -0.1) is 0 Å². The van der Waals surface area contributed by atoms with Crippen molar-refractivity contribution in [2.75, 3.05) is 18.6 Å². The van der Waals surface area contributed by atoms with Gasteiger partial charge in [0.1, 0.15) is 11.6 Å². The summed E-state index contributed by atoms with van der Waals surface area (Å²) in [7, 11) is 1.64. The van der Waals surface area contributed by atoms with Gasteiger partial charge in [-0.05, 0) is 48.7 Å². The summed E-state index contributed by atoms with van der Waals surface area (Å²) in [6.07, 6.45) is 1.61. The SMILES string of the molecule is COc1ccc(CCc2nc(C3CC(=O)N(c4ccc(C)cc4F)C3)no2)cc1. The molecule has 1 aliphatic rings. The molecule has 1 amide bonds. The van der Waals surface area contributed by atoms with E-state index in [0.29, 0.717) is 30.4 Å². The van der Waals surface area contributed by atoms with E-state index in [4.69, 9.17) is 9.26 Å². The van der Waals surface area contributed by atoms with Crippen LogP contribution in [0, 0.1) is 12.7 Å². The van der Waals surface area contributed by atoms with Crippen LogP contribution in [0.3, 0.4) is 0 Å². The minimum absolute atomic E-state index is 0.137. The largest absolute Gasteiger partial charge is 0.497 e. The molecular weight excluding hydrogens is 373 g/mol. The highest BCUT2D eigenvalue weighted by Gasteiger charge is 2.35. The van der Waals surface area contributed by atoms with Crippen LogP contribution in [0.1, 0.15) is 35.2 Å². The first-order valence-electron chi connectivity index (χ1n) is 9.55. The van der Waals surface area contributed by atoms with Crippen LogP contribution in [0.15, 0.2) is 47.0 Å². The van der Waals surface area contributed by atoms with E-state index in [1.807, 2.05) is 31.2 Å². The first kappa shape index (κ1) is 19.1. The second-order valence-electron chi connectivity index (χ2n) is 7.25. The molecule has 0 saturated carbocycles. The van der Waals surface area contributed by atoms with Crippen LogP contribution < -0.4 is 9.64 Å². The minimum atomic E-state index is -0.396. The van der Waals surface area contributed by atoms with Gasteiger partial charge < -0.3 is 14.2 Å². The maximum Gasteiger partial charge on any atom is 0.227 e. The molecule has 4 rings (SSSR count). The van der Waals surface area contributed by atoms with E-state index in [0.717, 1.165) is 23.3 Å². The molecule has 2 aromatic carbocycles. The van der Waals surface area contributed by atoms with Crippen LogP contribution in [-0.4, -0.2) is 29.7 Å². The zero-order valence-electron chi connectivity index (χ0n) is 16.4. The van der Waals surface area contributed by atoms with Crippen LogP contribution in [0.4, 0.5) is 10.1 Å². The van der Waals surface area contributed by atoms with Gasteiger partial charge in [-0.3, -0.25) is 4.79 Å². The molecule has 2 heterocycles. The molecule has 1 aliphatic heterocycles. The molecule has 7 heteroatoms. The molecule has 1 fully saturated rings. The van der Waals surface area contributed by atoms with E-state index >= 15 is 0 Å². The van der Waals surface area contributed by atoms with Crippen molar-refractivity contribution in [1.82, 2.24) is 10.1 Å². The number of anilines is 1. The van der Waals surface area contributed by atoms with Crippen LogP contribution in [-0.2, 0) is 17.6 Å². The highest BCUT2D eigenvalue weighted by molar-refractivity contribution is 5.96.